The number of hydrogen-bond donors (Lipinski definition) is 2. The van der Waals surface area contributed by atoms with Gasteiger partial charge < -0.3 is 15.6 Å². The van der Waals surface area contributed by atoms with Crippen LogP contribution >= 0.6 is 0 Å². The maximum Gasteiger partial charge on any atom is 0.408 e. The summed E-state index contributed by atoms with van der Waals surface area (Å²) in [5.41, 5.74) is 6.04. The Kier molecular flexibility index (Phi) is 6.12. The van der Waals surface area contributed by atoms with Gasteiger partial charge in [0.15, 0.2) is 11.5 Å². The molecule has 1 aromatic carbocycles. The van der Waals surface area contributed by atoms with Gasteiger partial charge in [-0.3, -0.25) is 9.30 Å². The van der Waals surface area contributed by atoms with Gasteiger partial charge in [0.1, 0.15) is 24.1 Å². The van der Waals surface area contributed by atoms with Gasteiger partial charge in [0.25, 0.3) is 0 Å². The van der Waals surface area contributed by atoms with Crippen LogP contribution in [0.4, 0.5) is 13.2 Å². The molecule has 0 aliphatic carbocycles. The Balaban J connectivity index is 1.52. The molecule has 196 valence electrons. The lowest BCUT2D eigenvalue weighted by molar-refractivity contribution is -0.184. The van der Waals surface area contributed by atoms with Gasteiger partial charge in [0, 0.05) is 36.3 Å². The minimum Gasteiger partial charge on any atom is -0.491 e. The maximum absolute atomic E-state index is 14.2. The summed E-state index contributed by atoms with van der Waals surface area (Å²) < 4.78 is 49.9. The van der Waals surface area contributed by atoms with E-state index in [9.17, 15) is 18.3 Å². The van der Waals surface area contributed by atoms with Crippen LogP contribution in [0.15, 0.2) is 48.7 Å². The molecule has 0 radical (unpaired) electrons. The fourth-order valence-electron chi connectivity index (χ4n) is 4.66. The summed E-state index contributed by atoms with van der Waals surface area (Å²) in [7, 11) is 0. The van der Waals surface area contributed by atoms with E-state index in [2.05, 4.69) is 15.2 Å². The van der Waals surface area contributed by atoms with Crippen LogP contribution < -0.4 is 10.5 Å². The highest BCUT2D eigenvalue weighted by atomic mass is 19.4. The second kappa shape index (κ2) is 8.93. The third-order valence-corrected chi connectivity index (χ3v) is 6.44. The largest absolute Gasteiger partial charge is 0.491 e. The van der Waals surface area contributed by atoms with E-state index >= 15 is 0 Å². The highest BCUT2D eigenvalue weighted by molar-refractivity contribution is 5.82. The minimum atomic E-state index is -4.48. The van der Waals surface area contributed by atoms with Gasteiger partial charge in [-0.1, -0.05) is 12.1 Å². The molecule has 4 heterocycles. The van der Waals surface area contributed by atoms with E-state index in [1.165, 1.54) is 27.6 Å². The Morgan fingerprint density at radius 1 is 1.14 bits per heavy atom. The van der Waals surface area contributed by atoms with Crippen molar-refractivity contribution in [2.75, 3.05) is 19.7 Å². The van der Waals surface area contributed by atoms with Gasteiger partial charge >= 0.3 is 6.18 Å². The second-order valence-electron chi connectivity index (χ2n) is 10.7. The second-order valence-corrected chi connectivity index (χ2v) is 10.7. The molecule has 3 N–H and O–H groups in total. The van der Waals surface area contributed by atoms with Crippen molar-refractivity contribution < 1.29 is 23.0 Å². The Morgan fingerprint density at radius 2 is 1.89 bits per heavy atom. The third kappa shape index (κ3) is 5.39. The van der Waals surface area contributed by atoms with E-state index in [-0.39, 0.29) is 25.3 Å². The number of aliphatic hydroxyl groups is 1. The SMILES string of the molecule is CC(C)(O)COc1ccc2ccc(-c3nnc4ccc([C@H](N5CCC(C)(N)C5)C(F)(F)F)cn34)nc2c1. The van der Waals surface area contributed by atoms with E-state index < -0.39 is 23.4 Å². The molecule has 4 aromatic rings. The van der Waals surface area contributed by atoms with Crippen molar-refractivity contribution in [2.45, 2.75) is 50.6 Å². The van der Waals surface area contributed by atoms with Crippen molar-refractivity contribution in [3.63, 3.8) is 0 Å². The molecule has 8 nitrogen and oxygen atoms in total. The molecule has 0 amide bonds. The van der Waals surface area contributed by atoms with Crippen LogP contribution in [0, 0.1) is 0 Å². The smallest absolute Gasteiger partial charge is 0.408 e. The molecule has 5 rings (SSSR count). The van der Waals surface area contributed by atoms with E-state index in [4.69, 9.17) is 10.5 Å². The lowest BCUT2D eigenvalue weighted by Gasteiger charge is -2.31. The van der Waals surface area contributed by atoms with Crippen molar-refractivity contribution in [1.82, 2.24) is 24.5 Å². The molecule has 1 saturated heterocycles. The number of ether oxygens (including phenoxy) is 1. The molecular formula is C26H29F3N6O2. The summed E-state index contributed by atoms with van der Waals surface area (Å²) in [4.78, 5) is 6.06. The zero-order valence-electron chi connectivity index (χ0n) is 20.8. The maximum atomic E-state index is 14.2. The first-order chi connectivity index (χ1) is 17.3. The number of alkyl halides is 3. The zero-order chi connectivity index (χ0) is 26.6. The summed E-state index contributed by atoms with van der Waals surface area (Å²) in [6, 6.07) is 10.2. The number of fused-ring (bicyclic) bond motifs is 2. The highest BCUT2D eigenvalue weighted by Crippen LogP contribution is 2.41. The summed E-state index contributed by atoms with van der Waals surface area (Å²) in [5, 5.41) is 19.1. The molecule has 0 bridgehead atoms. The lowest BCUT2D eigenvalue weighted by atomic mass is 10.0. The minimum absolute atomic E-state index is 0.0850. The third-order valence-electron chi connectivity index (χ3n) is 6.44. The number of pyridine rings is 2. The van der Waals surface area contributed by atoms with Crippen LogP contribution in [0.5, 0.6) is 5.75 Å². The van der Waals surface area contributed by atoms with Crippen molar-refractivity contribution in [3.05, 3.63) is 54.2 Å². The molecule has 2 atom stereocenters. The predicted octanol–water partition coefficient (Wildman–Crippen LogP) is 4.12. The number of hydrogen-bond acceptors (Lipinski definition) is 7. The average Bonchev–Trinajstić information content (AvgIpc) is 3.38. The van der Waals surface area contributed by atoms with E-state index in [1.807, 2.05) is 12.1 Å². The number of benzene rings is 1. The number of aromatic nitrogens is 4. The number of likely N-dealkylation sites (tertiary alicyclic amines) is 1. The topological polar surface area (TPSA) is 102 Å². The molecule has 1 aliphatic heterocycles. The Bertz CT molecular complexity index is 1440. The summed E-state index contributed by atoms with van der Waals surface area (Å²) in [6.07, 6.45) is -2.56. The van der Waals surface area contributed by atoms with Crippen molar-refractivity contribution in [3.8, 4) is 17.3 Å². The fraction of sp³-hybridized carbons (Fsp3) is 0.423. The van der Waals surface area contributed by atoms with Crippen molar-refractivity contribution in [1.29, 1.82) is 0 Å². The molecular weight excluding hydrogens is 485 g/mol. The normalized spacial score (nSPS) is 20.1. The number of halogens is 3. The summed E-state index contributed by atoms with van der Waals surface area (Å²) in [5.74, 6) is 0.866. The van der Waals surface area contributed by atoms with Crippen LogP contribution in [-0.4, -0.2) is 66.6 Å². The first-order valence-electron chi connectivity index (χ1n) is 12.0. The molecule has 0 spiro atoms. The van der Waals surface area contributed by atoms with Crippen LogP contribution in [0.1, 0.15) is 38.8 Å². The van der Waals surface area contributed by atoms with Gasteiger partial charge in [-0.15, -0.1) is 10.2 Å². The van der Waals surface area contributed by atoms with Crippen molar-refractivity contribution in [2.24, 2.45) is 5.73 Å². The van der Waals surface area contributed by atoms with E-state index in [0.29, 0.717) is 34.9 Å². The van der Waals surface area contributed by atoms with Crippen LogP contribution in [0.2, 0.25) is 0 Å². The van der Waals surface area contributed by atoms with Gasteiger partial charge in [0.2, 0.25) is 0 Å². The molecule has 0 saturated carbocycles. The average molecular weight is 515 g/mol. The zero-order valence-corrected chi connectivity index (χ0v) is 20.8. The predicted molar refractivity (Wildman–Crippen MR) is 133 cm³/mol. The summed E-state index contributed by atoms with van der Waals surface area (Å²) in [6.45, 7) is 5.58. The van der Waals surface area contributed by atoms with Gasteiger partial charge in [-0.25, -0.2) is 4.98 Å². The van der Waals surface area contributed by atoms with Gasteiger partial charge in [0.05, 0.1) is 11.1 Å². The first-order valence-corrected chi connectivity index (χ1v) is 12.0. The van der Waals surface area contributed by atoms with Crippen LogP contribution in [-0.2, 0) is 0 Å². The number of nitrogens with two attached hydrogens (primary N) is 1. The Morgan fingerprint density at radius 3 is 2.57 bits per heavy atom. The molecule has 37 heavy (non-hydrogen) atoms. The molecule has 3 aromatic heterocycles. The molecule has 11 heteroatoms. The quantitative estimate of drug-likeness (QED) is 0.399. The molecule has 1 unspecified atom stereocenters. The summed E-state index contributed by atoms with van der Waals surface area (Å²) >= 11 is 0. The monoisotopic (exact) mass is 514 g/mol. The van der Waals surface area contributed by atoms with Crippen LogP contribution in [0.25, 0.3) is 28.1 Å². The number of rotatable bonds is 6. The standard InChI is InChI=1S/C26H29F3N6O2/c1-24(2,36)15-37-18-7-4-16-5-8-19(31-20(16)12-18)23-33-32-21-9-6-17(13-35(21)23)22(26(27,28)29)34-11-10-25(3,30)14-34/h4-9,12-13,22,36H,10-11,14-15,30H2,1-3H3/t22-,25?/m0/s1. The molecule has 1 aliphatic rings. The Hall–Kier alpha value is -3.28. The van der Waals surface area contributed by atoms with Crippen LogP contribution in [0.3, 0.4) is 0 Å². The number of nitrogens with zero attached hydrogens (tertiary/aromatic N) is 5. The van der Waals surface area contributed by atoms with E-state index in [0.717, 1.165) is 5.39 Å². The Labute approximate surface area is 211 Å². The fourth-order valence-corrected chi connectivity index (χ4v) is 4.66. The van der Waals surface area contributed by atoms with Gasteiger partial charge in [-0.2, -0.15) is 13.2 Å². The first kappa shape index (κ1) is 25.4. The van der Waals surface area contributed by atoms with E-state index in [1.54, 1.807) is 39.0 Å². The lowest BCUT2D eigenvalue weighted by Crippen LogP contribution is -2.43. The highest BCUT2D eigenvalue weighted by Gasteiger charge is 2.48. The molecule has 1 fully saturated rings. The van der Waals surface area contributed by atoms with Gasteiger partial charge in [-0.05, 0) is 57.0 Å². The van der Waals surface area contributed by atoms with Crippen molar-refractivity contribution >= 4 is 16.6 Å².